The molecule has 0 aliphatic heterocycles. The first kappa shape index (κ1) is 26.8. The predicted octanol–water partition coefficient (Wildman–Crippen LogP) is 3.76. The quantitative estimate of drug-likeness (QED) is 0.322. The topological polar surface area (TPSA) is 117 Å². The van der Waals surface area contributed by atoms with Crippen molar-refractivity contribution < 1.29 is 31.9 Å². The molecule has 0 aliphatic carbocycles. The number of carbonyl (C=O) groups is 2. The van der Waals surface area contributed by atoms with Gasteiger partial charge in [-0.05, 0) is 67.1 Å². The van der Waals surface area contributed by atoms with Crippen molar-refractivity contribution in [1.82, 2.24) is 15.1 Å². The highest BCUT2D eigenvalue weighted by molar-refractivity contribution is 7.90. The van der Waals surface area contributed by atoms with E-state index < -0.39 is 40.5 Å². The molecule has 0 saturated heterocycles. The molecule has 0 radical (unpaired) electrons. The summed E-state index contributed by atoms with van der Waals surface area (Å²) in [4.78, 5) is 23.5. The number of nitrogens with zero attached hydrogens (tertiary/aromatic N) is 2. The monoisotopic (exact) mass is 539 g/mol. The molecular weight excluding hydrogens is 513 g/mol. The van der Waals surface area contributed by atoms with E-state index in [1.54, 1.807) is 54.2 Å². The van der Waals surface area contributed by atoms with Crippen LogP contribution in [0.1, 0.15) is 25.5 Å². The van der Waals surface area contributed by atoms with Crippen molar-refractivity contribution >= 4 is 32.6 Å². The van der Waals surface area contributed by atoms with Crippen LogP contribution in [-0.4, -0.2) is 49.0 Å². The molecule has 0 fully saturated rings. The van der Waals surface area contributed by atoms with Gasteiger partial charge in [0.15, 0.2) is 16.4 Å². The second-order valence-electron chi connectivity index (χ2n) is 8.77. The average molecular weight is 540 g/mol. The standard InChI is InChI=1S/C27H26FN3O6S/c1-17(30-26(33)16-36-18(2)32)27(19-4-11-24(12-5-19)38(3,34)35)37-23-10-13-25-20(14-23)15-29-31(25)22-8-6-21(28)7-9-22/h4-15,17,27H,16H2,1-3H3,(H,30,33)/t17-,27+/m0/s1. The maximum Gasteiger partial charge on any atom is 0.303 e. The Morgan fingerprint density at radius 3 is 2.37 bits per heavy atom. The lowest BCUT2D eigenvalue weighted by molar-refractivity contribution is -0.146. The van der Waals surface area contributed by atoms with Crippen molar-refractivity contribution in [3.8, 4) is 11.4 Å². The first-order chi connectivity index (χ1) is 18.0. The van der Waals surface area contributed by atoms with Crippen LogP contribution >= 0.6 is 0 Å². The van der Waals surface area contributed by atoms with Crippen molar-refractivity contribution in [1.29, 1.82) is 0 Å². The number of fused-ring (bicyclic) bond motifs is 1. The Kier molecular flexibility index (Phi) is 7.77. The van der Waals surface area contributed by atoms with Crippen molar-refractivity contribution in [2.24, 2.45) is 0 Å². The van der Waals surface area contributed by atoms with E-state index in [0.29, 0.717) is 17.0 Å². The molecule has 1 aromatic heterocycles. The van der Waals surface area contributed by atoms with Crippen molar-refractivity contribution in [3.63, 3.8) is 0 Å². The summed E-state index contributed by atoms with van der Waals surface area (Å²) in [5, 5.41) is 7.93. The SMILES string of the molecule is CC(=O)OCC(=O)N[C@@H](C)[C@@H](Oc1ccc2c(cnn2-c2ccc(F)cc2)c1)c1ccc(S(C)(=O)=O)cc1. The molecule has 0 saturated carbocycles. The Hall–Kier alpha value is -4.25. The fourth-order valence-corrected chi connectivity index (χ4v) is 4.55. The van der Waals surface area contributed by atoms with Gasteiger partial charge in [-0.2, -0.15) is 5.10 Å². The fourth-order valence-electron chi connectivity index (χ4n) is 3.92. The van der Waals surface area contributed by atoms with Crippen LogP contribution in [0.15, 0.2) is 77.8 Å². The van der Waals surface area contributed by atoms with Crippen LogP contribution in [0.5, 0.6) is 5.75 Å². The van der Waals surface area contributed by atoms with E-state index in [0.717, 1.165) is 17.2 Å². The molecule has 1 heterocycles. The molecule has 1 N–H and O–H groups in total. The summed E-state index contributed by atoms with van der Waals surface area (Å²) in [5.41, 5.74) is 2.10. The zero-order valence-corrected chi connectivity index (χ0v) is 21.7. The third-order valence-corrected chi connectivity index (χ3v) is 6.89. The van der Waals surface area contributed by atoms with Crippen molar-refractivity contribution in [2.75, 3.05) is 12.9 Å². The smallest absolute Gasteiger partial charge is 0.303 e. The van der Waals surface area contributed by atoms with Crippen LogP contribution < -0.4 is 10.1 Å². The van der Waals surface area contributed by atoms with E-state index in [1.807, 2.05) is 6.07 Å². The molecule has 1 amide bonds. The Morgan fingerprint density at radius 1 is 1.05 bits per heavy atom. The minimum Gasteiger partial charge on any atom is -0.484 e. The second-order valence-corrected chi connectivity index (χ2v) is 10.8. The van der Waals surface area contributed by atoms with Crippen LogP contribution in [-0.2, 0) is 24.2 Å². The number of hydrogen-bond acceptors (Lipinski definition) is 7. The number of ether oxygens (including phenoxy) is 2. The number of halogens is 1. The Labute approximate surface area is 219 Å². The summed E-state index contributed by atoms with van der Waals surface area (Å²) in [6.45, 7) is 2.50. The molecule has 4 rings (SSSR count). The van der Waals surface area contributed by atoms with E-state index in [2.05, 4.69) is 10.4 Å². The number of hydrogen-bond donors (Lipinski definition) is 1. The number of aromatic nitrogens is 2. The number of rotatable bonds is 9. The summed E-state index contributed by atoms with van der Waals surface area (Å²) in [7, 11) is -3.40. The molecule has 4 aromatic rings. The second kappa shape index (κ2) is 11.0. The first-order valence-corrected chi connectivity index (χ1v) is 13.5. The highest BCUT2D eigenvalue weighted by Crippen LogP contribution is 2.29. The van der Waals surface area contributed by atoms with E-state index >= 15 is 0 Å². The van der Waals surface area contributed by atoms with Crippen LogP contribution in [0.4, 0.5) is 4.39 Å². The lowest BCUT2D eigenvalue weighted by Gasteiger charge is -2.26. The molecule has 198 valence electrons. The maximum absolute atomic E-state index is 13.3. The normalized spacial score (nSPS) is 13.1. The van der Waals surface area contributed by atoms with Gasteiger partial charge in [0.05, 0.1) is 28.3 Å². The minimum atomic E-state index is -3.40. The molecule has 38 heavy (non-hydrogen) atoms. The summed E-state index contributed by atoms with van der Waals surface area (Å²) < 4.78 is 49.9. The van der Waals surface area contributed by atoms with Gasteiger partial charge in [-0.3, -0.25) is 9.59 Å². The highest BCUT2D eigenvalue weighted by Gasteiger charge is 2.24. The summed E-state index contributed by atoms with van der Waals surface area (Å²) in [5.74, 6) is -0.948. The maximum atomic E-state index is 13.3. The molecule has 0 bridgehead atoms. The van der Waals surface area contributed by atoms with Gasteiger partial charge in [0, 0.05) is 18.6 Å². The average Bonchev–Trinajstić information content (AvgIpc) is 3.29. The molecule has 3 aromatic carbocycles. The van der Waals surface area contributed by atoms with Gasteiger partial charge in [-0.15, -0.1) is 0 Å². The fraction of sp³-hybridized carbons (Fsp3) is 0.222. The Morgan fingerprint density at radius 2 is 1.74 bits per heavy atom. The summed E-state index contributed by atoms with van der Waals surface area (Å²) >= 11 is 0. The van der Waals surface area contributed by atoms with Crippen molar-refractivity contribution in [2.45, 2.75) is 30.9 Å². The van der Waals surface area contributed by atoms with Crippen LogP contribution in [0.2, 0.25) is 0 Å². The lowest BCUT2D eigenvalue weighted by atomic mass is 10.0. The predicted molar refractivity (Wildman–Crippen MR) is 138 cm³/mol. The highest BCUT2D eigenvalue weighted by atomic mass is 32.2. The number of sulfone groups is 1. The number of carbonyl (C=O) groups excluding carboxylic acids is 2. The van der Waals surface area contributed by atoms with Gasteiger partial charge in [0.2, 0.25) is 0 Å². The van der Waals surface area contributed by atoms with Crippen LogP contribution in [0.25, 0.3) is 16.6 Å². The number of amides is 1. The van der Waals surface area contributed by atoms with E-state index in [-0.39, 0.29) is 10.7 Å². The number of benzene rings is 3. The molecule has 0 unspecified atom stereocenters. The summed E-state index contributed by atoms with van der Waals surface area (Å²) in [6.07, 6.45) is 2.07. The van der Waals surface area contributed by atoms with E-state index in [9.17, 15) is 22.4 Å². The first-order valence-electron chi connectivity index (χ1n) is 11.6. The van der Waals surface area contributed by atoms with Crippen LogP contribution in [0, 0.1) is 5.82 Å². The number of esters is 1. The van der Waals surface area contributed by atoms with E-state index in [1.165, 1.54) is 31.2 Å². The van der Waals surface area contributed by atoms with Gasteiger partial charge in [-0.25, -0.2) is 17.5 Å². The van der Waals surface area contributed by atoms with Gasteiger partial charge in [0.25, 0.3) is 5.91 Å². The molecule has 11 heteroatoms. The lowest BCUT2D eigenvalue weighted by Crippen LogP contribution is -2.41. The number of nitrogens with one attached hydrogen (secondary N) is 1. The Bertz CT molecular complexity index is 1570. The van der Waals surface area contributed by atoms with Gasteiger partial charge >= 0.3 is 5.97 Å². The molecule has 9 nitrogen and oxygen atoms in total. The summed E-state index contributed by atoms with van der Waals surface area (Å²) in [6, 6.07) is 16.9. The largest absolute Gasteiger partial charge is 0.484 e. The van der Waals surface area contributed by atoms with Gasteiger partial charge in [0.1, 0.15) is 17.7 Å². The van der Waals surface area contributed by atoms with Gasteiger partial charge in [-0.1, -0.05) is 12.1 Å². The van der Waals surface area contributed by atoms with E-state index in [4.69, 9.17) is 9.47 Å². The Balaban J connectivity index is 1.62. The molecule has 0 spiro atoms. The zero-order chi connectivity index (χ0) is 27.4. The third kappa shape index (κ3) is 6.35. The zero-order valence-electron chi connectivity index (χ0n) is 20.9. The van der Waals surface area contributed by atoms with Crippen LogP contribution in [0.3, 0.4) is 0 Å². The molecule has 0 aliphatic rings. The van der Waals surface area contributed by atoms with Crippen molar-refractivity contribution in [3.05, 3.63) is 84.3 Å². The third-order valence-electron chi connectivity index (χ3n) is 5.76. The molecule has 2 atom stereocenters. The van der Waals surface area contributed by atoms with Gasteiger partial charge < -0.3 is 14.8 Å². The molecular formula is C27H26FN3O6S. The minimum absolute atomic E-state index is 0.154.